The number of carbonyl (C=O) groups excluding carboxylic acids is 1. The van der Waals surface area contributed by atoms with Gasteiger partial charge in [0.1, 0.15) is 17.0 Å². The van der Waals surface area contributed by atoms with E-state index in [9.17, 15) is 14.9 Å². The van der Waals surface area contributed by atoms with Crippen molar-refractivity contribution in [1.82, 2.24) is 5.43 Å². The Morgan fingerprint density at radius 3 is 2.70 bits per heavy atom. The van der Waals surface area contributed by atoms with Crippen LogP contribution in [-0.4, -0.2) is 16.5 Å². The Morgan fingerprint density at radius 2 is 2.05 bits per heavy atom. The molecule has 1 amide bonds. The Bertz CT molecular complexity index is 662. The molecule has 1 aromatic heterocycles. The van der Waals surface area contributed by atoms with E-state index in [2.05, 4.69) is 10.5 Å². The molecule has 0 fully saturated rings. The van der Waals surface area contributed by atoms with E-state index in [1.165, 1.54) is 24.5 Å². The fourth-order valence-electron chi connectivity index (χ4n) is 1.56. The molecule has 7 nitrogen and oxygen atoms in total. The summed E-state index contributed by atoms with van der Waals surface area (Å²) >= 11 is 0. The number of nitrogens with zero attached hydrogens (tertiary/aromatic N) is 2. The van der Waals surface area contributed by atoms with Gasteiger partial charge in [0.05, 0.1) is 11.2 Å². The summed E-state index contributed by atoms with van der Waals surface area (Å²) in [4.78, 5) is 22.1. The molecule has 0 saturated heterocycles. The summed E-state index contributed by atoms with van der Waals surface area (Å²) in [6, 6.07) is 9.05. The van der Waals surface area contributed by atoms with Gasteiger partial charge in [-0.2, -0.15) is 5.10 Å². The van der Waals surface area contributed by atoms with Crippen LogP contribution in [0.2, 0.25) is 0 Å². The first-order valence-corrected chi connectivity index (χ1v) is 5.71. The van der Waals surface area contributed by atoms with Gasteiger partial charge in [-0.05, 0) is 25.1 Å². The molecule has 0 bridgehead atoms. The number of benzene rings is 1. The summed E-state index contributed by atoms with van der Waals surface area (Å²) in [7, 11) is 0. The molecule has 1 aromatic carbocycles. The Balaban J connectivity index is 2.17. The summed E-state index contributed by atoms with van der Waals surface area (Å²) < 4.78 is 5.10. The number of amides is 1. The highest BCUT2D eigenvalue weighted by Gasteiger charge is 2.18. The Kier molecular flexibility index (Phi) is 3.90. The van der Waals surface area contributed by atoms with Gasteiger partial charge in [-0.25, -0.2) is 5.43 Å². The average molecular weight is 273 g/mol. The fourth-order valence-corrected chi connectivity index (χ4v) is 1.56. The van der Waals surface area contributed by atoms with Gasteiger partial charge in [0, 0.05) is 6.07 Å². The van der Waals surface area contributed by atoms with Crippen LogP contribution in [0.5, 0.6) is 0 Å². The largest absolute Gasteiger partial charge is 0.463 e. The van der Waals surface area contributed by atoms with E-state index in [1.54, 1.807) is 25.1 Å². The average Bonchev–Trinajstić information content (AvgIpc) is 2.98. The molecule has 2 aromatic rings. The highest BCUT2D eigenvalue weighted by atomic mass is 16.6. The maximum absolute atomic E-state index is 11.9. The number of nitro benzene ring substituents is 1. The van der Waals surface area contributed by atoms with E-state index in [0.717, 1.165) is 0 Å². The first kappa shape index (κ1) is 13.5. The van der Waals surface area contributed by atoms with Crippen LogP contribution in [0.25, 0.3) is 0 Å². The lowest BCUT2D eigenvalue weighted by Crippen LogP contribution is -2.20. The van der Waals surface area contributed by atoms with Crippen LogP contribution in [-0.2, 0) is 0 Å². The van der Waals surface area contributed by atoms with Gasteiger partial charge in [0.25, 0.3) is 11.6 Å². The van der Waals surface area contributed by atoms with Crippen molar-refractivity contribution in [3.8, 4) is 0 Å². The Labute approximate surface area is 114 Å². The van der Waals surface area contributed by atoms with Crippen molar-refractivity contribution in [3.63, 3.8) is 0 Å². The van der Waals surface area contributed by atoms with E-state index in [1.807, 2.05) is 0 Å². The number of hydrazone groups is 1. The van der Waals surface area contributed by atoms with Gasteiger partial charge >= 0.3 is 0 Å². The second-order valence-corrected chi connectivity index (χ2v) is 3.89. The molecule has 20 heavy (non-hydrogen) atoms. The molecule has 2 rings (SSSR count). The molecule has 1 N–H and O–H groups in total. The third-order valence-electron chi connectivity index (χ3n) is 2.55. The van der Waals surface area contributed by atoms with Crippen LogP contribution in [0.4, 0.5) is 5.69 Å². The predicted molar refractivity (Wildman–Crippen MR) is 71.5 cm³/mol. The second kappa shape index (κ2) is 5.79. The molecule has 0 radical (unpaired) electrons. The molecule has 0 saturated carbocycles. The minimum atomic E-state index is -0.650. The van der Waals surface area contributed by atoms with Gasteiger partial charge in [-0.3, -0.25) is 14.9 Å². The molecule has 7 heteroatoms. The van der Waals surface area contributed by atoms with Crippen molar-refractivity contribution >= 4 is 17.3 Å². The van der Waals surface area contributed by atoms with Crippen LogP contribution in [0.1, 0.15) is 23.0 Å². The van der Waals surface area contributed by atoms with Crippen LogP contribution in [0.15, 0.2) is 52.2 Å². The molecule has 0 aliphatic carbocycles. The SMILES string of the molecule is CC(=NNC(=O)c1ccccc1[N+](=O)[O-])c1ccco1. The fraction of sp³-hybridized carbons (Fsp3) is 0.0769. The van der Waals surface area contributed by atoms with Crippen LogP contribution >= 0.6 is 0 Å². The van der Waals surface area contributed by atoms with E-state index in [-0.39, 0.29) is 11.3 Å². The summed E-state index contributed by atoms with van der Waals surface area (Å²) in [6.07, 6.45) is 1.48. The number of furan rings is 1. The highest BCUT2D eigenvalue weighted by Crippen LogP contribution is 2.17. The van der Waals surface area contributed by atoms with E-state index >= 15 is 0 Å². The van der Waals surface area contributed by atoms with Gasteiger partial charge in [0.15, 0.2) is 0 Å². The topological polar surface area (TPSA) is 97.7 Å². The van der Waals surface area contributed by atoms with Gasteiger partial charge in [0.2, 0.25) is 0 Å². The van der Waals surface area contributed by atoms with Crippen LogP contribution < -0.4 is 5.43 Å². The summed E-state index contributed by atoms with van der Waals surface area (Å²) in [5.41, 5.74) is 2.41. The molecule has 0 aliphatic rings. The molecular weight excluding hydrogens is 262 g/mol. The van der Waals surface area contributed by atoms with Crippen LogP contribution in [0, 0.1) is 10.1 Å². The first-order valence-electron chi connectivity index (χ1n) is 5.71. The summed E-state index contributed by atoms with van der Waals surface area (Å²) in [5.74, 6) is -0.143. The standard InChI is InChI=1S/C13H11N3O4/c1-9(12-7-4-8-20-12)14-15-13(17)10-5-2-3-6-11(10)16(18)19/h2-8H,1H3,(H,15,17). The lowest BCUT2D eigenvalue weighted by Gasteiger charge is -2.02. The number of para-hydroxylation sites is 1. The normalized spacial score (nSPS) is 11.2. The maximum Gasteiger partial charge on any atom is 0.282 e. The monoisotopic (exact) mass is 273 g/mol. The third-order valence-corrected chi connectivity index (χ3v) is 2.55. The summed E-state index contributed by atoms with van der Waals surface area (Å²) in [5, 5.41) is 14.7. The minimum absolute atomic E-state index is 0.0477. The van der Waals surface area contributed by atoms with E-state index in [4.69, 9.17) is 4.42 Å². The number of hydrogen-bond acceptors (Lipinski definition) is 5. The van der Waals surface area contributed by atoms with Gasteiger partial charge in [-0.1, -0.05) is 12.1 Å². The lowest BCUT2D eigenvalue weighted by atomic mass is 10.2. The molecule has 0 atom stereocenters. The molecule has 0 unspecified atom stereocenters. The molecule has 0 aliphatic heterocycles. The number of rotatable bonds is 4. The van der Waals surface area contributed by atoms with E-state index in [0.29, 0.717) is 11.5 Å². The first-order chi connectivity index (χ1) is 9.59. The van der Waals surface area contributed by atoms with E-state index < -0.39 is 10.8 Å². The summed E-state index contributed by atoms with van der Waals surface area (Å²) in [6.45, 7) is 1.65. The predicted octanol–water partition coefficient (Wildman–Crippen LogP) is 2.34. The zero-order valence-corrected chi connectivity index (χ0v) is 10.6. The third kappa shape index (κ3) is 2.89. The van der Waals surface area contributed by atoms with Crippen molar-refractivity contribution in [2.45, 2.75) is 6.92 Å². The minimum Gasteiger partial charge on any atom is -0.463 e. The number of nitro groups is 1. The Morgan fingerprint density at radius 1 is 1.30 bits per heavy atom. The van der Waals surface area contributed by atoms with Crippen molar-refractivity contribution in [2.75, 3.05) is 0 Å². The Hall–Kier alpha value is -2.96. The second-order valence-electron chi connectivity index (χ2n) is 3.89. The highest BCUT2D eigenvalue weighted by molar-refractivity contribution is 6.00. The zero-order chi connectivity index (χ0) is 14.5. The van der Waals surface area contributed by atoms with Crippen LogP contribution in [0.3, 0.4) is 0 Å². The quantitative estimate of drug-likeness (QED) is 0.525. The lowest BCUT2D eigenvalue weighted by molar-refractivity contribution is -0.385. The van der Waals surface area contributed by atoms with Crippen molar-refractivity contribution in [1.29, 1.82) is 0 Å². The smallest absolute Gasteiger partial charge is 0.282 e. The van der Waals surface area contributed by atoms with Crippen molar-refractivity contribution in [2.24, 2.45) is 5.10 Å². The zero-order valence-electron chi connectivity index (χ0n) is 10.6. The molecule has 102 valence electrons. The van der Waals surface area contributed by atoms with Gasteiger partial charge in [-0.15, -0.1) is 0 Å². The van der Waals surface area contributed by atoms with Crippen molar-refractivity contribution < 1.29 is 14.1 Å². The molecular formula is C13H11N3O4. The molecule has 1 heterocycles. The maximum atomic E-state index is 11.9. The number of hydrogen-bond donors (Lipinski definition) is 1. The van der Waals surface area contributed by atoms with Gasteiger partial charge < -0.3 is 4.42 Å². The number of carbonyl (C=O) groups is 1. The molecule has 0 spiro atoms. The van der Waals surface area contributed by atoms with Crippen molar-refractivity contribution in [3.05, 3.63) is 64.1 Å². The number of nitrogens with one attached hydrogen (secondary N) is 1.